The Kier molecular flexibility index (Phi) is 4.37. The van der Waals surface area contributed by atoms with Crippen LogP contribution in [-0.2, 0) is 16.8 Å². The third-order valence-electron chi connectivity index (χ3n) is 4.02. The van der Waals surface area contributed by atoms with Crippen LogP contribution < -0.4 is 0 Å². The maximum atomic E-state index is 12.3. The van der Waals surface area contributed by atoms with Crippen molar-refractivity contribution in [3.05, 3.63) is 47.2 Å². The standard InChI is InChI=1S/C19H23N3O3/c1-11(2)17-21-16(22-25-17)10-24-18(23)15-8-12-6-7-13(19(3,4)5)9-14(12)20-15/h6-9,11,20H,10H2,1-5H3. The summed E-state index contributed by atoms with van der Waals surface area (Å²) in [6.07, 6.45) is 0. The SMILES string of the molecule is CC(C)c1nc(COC(=O)c2cc3ccc(C(C)(C)C)cc3[nH]2)no1. The van der Waals surface area contributed by atoms with Crippen molar-refractivity contribution in [2.24, 2.45) is 0 Å². The van der Waals surface area contributed by atoms with E-state index < -0.39 is 5.97 Å². The molecule has 0 aliphatic heterocycles. The van der Waals surface area contributed by atoms with E-state index in [1.807, 2.05) is 19.9 Å². The maximum absolute atomic E-state index is 12.3. The molecule has 0 saturated carbocycles. The number of aromatic amines is 1. The molecule has 0 aliphatic carbocycles. The Labute approximate surface area is 146 Å². The molecule has 0 saturated heterocycles. The monoisotopic (exact) mass is 341 g/mol. The van der Waals surface area contributed by atoms with Gasteiger partial charge < -0.3 is 14.2 Å². The first-order chi connectivity index (χ1) is 11.7. The van der Waals surface area contributed by atoms with Crippen molar-refractivity contribution in [3.8, 4) is 0 Å². The number of ether oxygens (including phenoxy) is 1. The van der Waals surface area contributed by atoms with E-state index in [4.69, 9.17) is 9.26 Å². The lowest BCUT2D eigenvalue weighted by Gasteiger charge is -2.18. The van der Waals surface area contributed by atoms with Crippen LogP contribution in [0.25, 0.3) is 10.9 Å². The largest absolute Gasteiger partial charge is 0.453 e. The van der Waals surface area contributed by atoms with Crippen LogP contribution in [0.2, 0.25) is 0 Å². The van der Waals surface area contributed by atoms with E-state index in [2.05, 4.69) is 48.0 Å². The van der Waals surface area contributed by atoms with Gasteiger partial charge in [0.1, 0.15) is 5.69 Å². The summed E-state index contributed by atoms with van der Waals surface area (Å²) < 4.78 is 10.4. The summed E-state index contributed by atoms with van der Waals surface area (Å²) in [4.78, 5) is 19.6. The number of carbonyl (C=O) groups excluding carboxylic acids is 1. The molecule has 25 heavy (non-hydrogen) atoms. The Balaban J connectivity index is 1.73. The summed E-state index contributed by atoms with van der Waals surface area (Å²) in [7, 11) is 0. The smallest absolute Gasteiger partial charge is 0.355 e. The van der Waals surface area contributed by atoms with Gasteiger partial charge in [-0.3, -0.25) is 0 Å². The molecule has 0 aliphatic rings. The molecule has 3 rings (SSSR count). The Morgan fingerprint density at radius 1 is 1.28 bits per heavy atom. The number of H-pyrrole nitrogens is 1. The number of carbonyl (C=O) groups is 1. The number of fused-ring (bicyclic) bond motifs is 1. The molecule has 132 valence electrons. The van der Waals surface area contributed by atoms with Gasteiger partial charge in [-0.05, 0) is 23.1 Å². The third-order valence-corrected chi connectivity index (χ3v) is 4.02. The second kappa shape index (κ2) is 6.35. The van der Waals surface area contributed by atoms with Crippen molar-refractivity contribution in [2.75, 3.05) is 0 Å². The summed E-state index contributed by atoms with van der Waals surface area (Å²) in [5, 5.41) is 4.78. The van der Waals surface area contributed by atoms with Crippen LogP contribution in [-0.4, -0.2) is 21.1 Å². The van der Waals surface area contributed by atoms with Gasteiger partial charge in [-0.2, -0.15) is 4.98 Å². The van der Waals surface area contributed by atoms with E-state index in [0.29, 0.717) is 17.4 Å². The highest BCUT2D eigenvalue weighted by Gasteiger charge is 2.17. The first kappa shape index (κ1) is 17.2. The van der Waals surface area contributed by atoms with E-state index in [-0.39, 0.29) is 17.9 Å². The zero-order chi connectivity index (χ0) is 18.2. The molecular weight excluding hydrogens is 318 g/mol. The van der Waals surface area contributed by atoms with Crippen molar-refractivity contribution in [2.45, 2.75) is 52.6 Å². The predicted octanol–water partition coefficient (Wildman–Crippen LogP) is 4.33. The van der Waals surface area contributed by atoms with Crippen LogP contribution in [0.15, 0.2) is 28.8 Å². The van der Waals surface area contributed by atoms with Gasteiger partial charge in [-0.15, -0.1) is 0 Å². The summed E-state index contributed by atoms with van der Waals surface area (Å²) in [5.74, 6) is 0.599. The van der Waals surface area contributed by atoms with Crippen LogP contribution in [0.4, 0.5) is 0 Å². The van der Waals surface area contributed by atoms with Crippen LogP contribution in [0.1, 0.15) is 68.3 Å². The minimum Gasteiger partial charge on any atom is -0.453 e. The lowest BCUT2D eigenvalue weighted by Crippen LogP contribution is -2.10. The molecule has 0 spiro atoms. The van der Waals surface area contributed by atoms with E-state index in [0.717, 1.165) is 10.9 Å². The quantitative estimate of drug-likeness (QED) is 0.714. The average Bonchev–Trinajstić information content (AvgIpc) is 3.17. The molecule has 2 aromatic heterocycles. The number of nitrogens with zero attached hydrogens (tertiary/aromatic N) is 2. The molecule has 0 atom stereocenters. The molecule has 0 bridgehead atoms. The Hall–Kier alpha value is -2.63. The van der Waals surface area contributed by atoms with Crippen molar-refractivity contribution < 1.29 is 14.1 Å². The summed E-state index contributed by atoms with van der Waals surface area (Å²) in [6, 6.07) is 7.95. The molecular formula is C19H23N3O3. The summed E-state index contributed by atoms with van der Waals surface area (Å²) >= 11 is 0. The lowest BCUT2D eigenvalue weighted by atomic mass is 9.87. The van der Waals surface area contributed by atoms with Gasteiger partial charge in [0.2, 0.25) is 11.7 Å². The second-order valence-corrected chi connectivity index (χ2v) is 7.51. The van der Waals surface area contributed by atoms with E-state index in [1.165, 1.54) is 5.56 Å². The van der Waals surface area contributed by atoms with Crippen LogP contribution in [0, 0.1) is 0 Å². The molecule has 1 N–H and O–H groups in total. The van der Waals surface area contributed by atoms with Crippen LogP contribution in [0.5, 0.6) is 0 Å². The van der Waals surface area contributed by atoms with Crippen molar-refractivity contribution >= 4 is 16.9 Å². The lowest BCUT2D eigenvalue weighted by molar-refractivity contribution is 0.0454. The first-order valence-electron chi connectivity index (χ1n) is 8.37. The number of rotatable bonds is 4. The Morgan fingerprint density at radius 3 is 2.68 bits per heavy atom. The number of esters is 1. The molecule has 6 heteroatoms. The minimum absolute atomic E-state index is 0.0162. The fourth-order valence-electron chi connectivity index (χ4n) is 2.47. The molecule has 0 amide bonds. The fourth-order valence-corrected chi connectivity index (χ4v) is 2.47. The molecule has 0 radical (unpaired) electrons. The van der Waals surface area contributed by atoms with Crippen molar-refractivity contribution in [3.63, 3.8) is 0 Å². The van der Waals surface area contributed by atoms with Gasteiger partial charge in [0.25, 0.3) is 0 Å². The molecule has 0 fully saturated rings. The highest BCUT2D eigenvalue weighted by molar-refractivity contribution is 5.95. The number of hydrogen-bond acceptors (Lipinski definition) is 5. The van der Waals surface area contributed by atoms with Gasteiger partial charge >= 0.3 is 5.97 Å². The zero-order valence-corrected chi connectivity index (χ0v) is 15.2. The van der Waals surface area contributed by atoms with Crippen molar-refractivity contribution in [1.29, 1.82) is 0 Å². The van der Waals surface area contributed by atoms with Crippen LogP contribution in [0.3, 0.4) is 0 Å². The minimum atomic E-state index is -0.440. The molecule has 3 aromatic rings. The van der Waals surface area contributed by atoms with Gasteiger partial charge in [0.15, 0.2) is 6.61 Å². The van der Waals surface area contributed by atoms with Gasteiger partial charge in [0, 0.05) is 16.8 Å². The second-order valence-electron chi connectivity index (χ2n) is 7.51. The topological polar surface area (TPSA) is 81.0 Å². The average molecular weight is 341 g/mol. The molecule has 0 unspecified atom stereocenters. The number of nitrogens with one attached hydrogen (secondary N) is 1. The Morgan fingerprint density at radius 2 is 2.04 bits per heavy atom. The van der Waals surface area contributed by atoms with Crippen LogP contribution >= 0.6 is 0 Å². The number of aromatic nitrogens is 3. The third kappa shape index (κ3) is 3.73. The van der Waals surface area contributed by atoms with Gasteiger partial charge in [-0.1, -0.05) is 51.9 Å². The fraction of sp³-hybridized carbons (Fsp3) is 0.421. The zero-order valence-electron chi connectivity index (χ0n) is 15.2. The maximum Gasteiger partial charge on any atom is 0.355 e. The summed E-state index contributed by atoms with van der Waals surface area (Å²) in [6.45, 7) is 10.4. The number of hydrogen-bond donors (Lipinski definition) is 1. The van der Waals surface area contributed by atoms with E-state index >= 15 is 0 Å². The Bertz CT molecular complexity index is 900. The van der Waals surface area contributed by atoms with E-state index in [9.17, 15) is 4.79 Å². The predicted molar refractivity (Wildman–Crippen MR) is 94.5 cm³/mol. The molecule has 6 nitrogen and oxygen atoms in total. The highest BCUT2D eigenvalue weighted by atomic mass is 16.5. The molecule has 2 heterocycles. The molecule has 1 aromatic carbocycles. The number of benzene rings is 1. The van der Waals surface area contributed by atoms with E-state index in [1.54, 1.807) is 6.07 Å². The van der Waals surface area contributed by atoms with Gasteiger partial charge in [0.05, 0.1) is 0 Å². The summed E-state index contributed by atoms with van der Waals surface area (Å²) in [5.41, 5.74) is 2.58. The highest BCUT2D eigenvalue weighted by Crippen LogP contribution is 2.26. The normalized spacial score (nSPS) is 12.1. The van der Waals surface area contributed by atoms with Crippen molar-refractivity contribution in [1.82, 2.24) is 15.1 Å². The first-order valence-corrected chi connectivity index (χ1v) is 8.37. The van der Waals surface area contributed by atoms with Gasteiger partial charge in [-0.25, -0.2) is 4.79 Å².